The minimum atomic E-state index is -0.896. The van der Waals surface area contributed by atoms with Crippen molar-refractivity contribution in [2.75, 3.05) is 13.1 Å². The number of unbranched alkanes of at least 4 members (excludes halogenated alkanes) is 1. The van der Waals surface area contributed by atoms with Crippen LogP contribution in [0.1, 0.15) is 66.9 Å². The van der Waals surface area contributed by atoms with Crippen molar-refractivity contribution in [3.8, 4) is 0 Å². The van der Waals surface area contributed by atoms with Gasteiger partial charge < -0.3 is 20.9 Å². The lowest BCUT2D eigenvalue weighted by atomic mass is 10.0. The molecule has 9 nitrogen and oxygen atoms in total. The van der Waals surface area contributed by atoms with E-state index in [4.69, 9.17) is 10.3 Å². The van der Waals surface area contributed by atoms with E-state index in [0.717, 1.165) is 12.0 Å². The number of rotatable bonds is 14. The number of nitrogens with zero attached hydrogens (tertiary/aromatic N) is 2. The van der Waals surface area contributed by atoms with E-state index < -0.39 is 23.5 Å². The van der Waals surface area contributed by atoms with Crippen LogP contribution in [0.2, 0.25) is 0 Å². The summed E-state index contributed by atoms with van der Waals surface area (Å²) in [6, 6.07) is 15.2. The largest absolute Gasteiger partial charge is 0.352 e. The number of benzene rings is 2. The molecule has 1 unspecified atom stereocenters. The molecule has 0 radical (unpaired) electrons. The summed E-state index contributed by atoms with van der Waals surface area (Å²) in [6.07, 6.45) is 2.67. The Morgan fingerprint density at radius 3 is 2.40 bits per heavy atom. The van der Waals surface area contributed by atoms with Crippen molar-refractivity contribution in [1.29, 1.82) is 0 Å². The number of thiophene rings is 1. The quantitative estimate of drug-likeness (QED) is 0.156. The maximum absolute atomic E-state index is 13.2. The normalized spacial score (nSPS) is 11.7. The van der Waals surface area contributed by atoms with Crippen molar-refractivity contribution < 1.29 is 23.3 Å². The number of nitrogens with two attached hydrogens (primary N) is 1. The van der Waals surface area contributed by atoms with E-state index in [9.17, 15) is 18.8 Å². The Hall–Kier alpha value is -4.22. The van der Waals surface area contributed by atoms with Crippen molar-refractivity contribution >= 4 is 28.9 Å². The first-order chi connectivity index (χ1) is 19.4. The lowest BCUT2D eigenvalue weighted by Gasteiger charge is -2.16. The zero-order valence-electron chi connectivity index (χ0n) is 21.8. The molecule has 208 valence electrons. The molecule has 1 atom stereocenters. The Labute approximate surface area is 235 Å². The van der Waals surface area contributed by atoms with Gasteiger partial charge in [0.2, 0.25) is 17.5 Å². The Kier molecular flexibility index (Phi) is 10.3. The van der Waals surface area contributed by atoms with Crippen LogP contribution in [0.3, 0.4) is 0 Å². The van der Waals surface area contributed by atoms with Crippen LogP contribution >= 0.6 is 11.3 Å². The van der Waals surface area contributed by atoms with Crippen molar-refractivity contribution in [2.45, 2.75) is 38.1 Å². The molecule has 0 spiro atoms. The Balaban J connectivity index is 1.35. The number of aromatic nitrogens is 2. The third-order valence-corrected chi connectivity index (χ3v) is 7.11. The standard InChI is InChI=1S/C29H30FN5O4S/c30-22-12-10-21(11-13-22)29(38)33-24(5-1-2-15-31)26(36)27-34-25(39-35-27)18-19-6-8-20(9-7-19)28(37)32-16-14-23-4-3-17-40-23/h3-4,6-13,17,24H,1-2,5,14-16,18,31H2,(H,32,37)(H,33,38). The fraction of sp³-hybridized carbons (Fsp3) is 0.276. The second kappa shape index (κ2) is 14.2. The summed E-state index contributed by atoms with van der Waals surface area (Å²) in [5.74, 6) is -1.54. The number of nitrogens with one attached hydrogen (secondary N) is 2. The number of carbonyl (C=O) groups excluding carboxylic acids is 3. The van der Waals surface area contributed by atoms with E-state index >= 15 is 0 Å². The van der Waals surface area contributed by atoms with Gasteiger partial charge >= 0.3 is 0 Å². The Morgan fingerprint density at radius 1 is 0.975 bits per heavy atom. The first-order valence-electron chi connectivity index (χ1n) is 13.0. The van der Waals surface area contributed by atoms with Gasteiger partial charge in [0.05, 0.1) is 12.5 Å². The molecule has 11 heteroatoms. The van der Waals surface area contributed by atoms with Crippen LogP contribution in [0, 0.1) is 5.82 Å². The lowest BCUT2D eigenvalue weighted by molar-refractivity contribution is 0.0843. The fourth-order valence-corrected chi connectivity index (χ4v) is 4.70. The summed E-state index contributed by atoms with van der Waals surface area (Å²) in [5, 5.41) is 11.4. The topological polar surface area (TPSA) is 140 Å². The molecule has 0 saturated carbocycles. The fourth-order valence-electron chi connectivity index (χ4n) is 3.99. The molecule has 4 rings (SSSR count). The Morgan fingerprint density at radius 2 is 1.70 bits per heavy atom. The molecule has 2 heterocycles. The minimum absolute atomic E-state index is 0.145. The van der Waals surface area contributed by atoms with E-state index in [2.05, 4.69) is 20.8 Å². The number of carbonyl (C=O) groups is 3. The second-order valence-corrected chi connectivity index (χ2v) is 10.2. The van der Waals surface area contributed by atoms with Crippen molar-refractivity contribution in [1.82, 2.24) is 20.8 Å². The SMILES string of the molecule is NCCCCC(NC(=O)c1ccc(F)cc1)C(=O)c1noc(Cc2ccc(C(=O)NCCc3cccs3)cc2)n1. The Bertz CT molecular complexity index is 1410. The van der Waals surface area contributed by atoms with E-state index in [1.807, 2.05) is 17.5 Å². The molecule has 4 N–H and O–H groups in total. The van der Waals surface area contributed by atoms with Crippen molar-refractivity contribution in [3.63, 3.8) is 0 Å². The monoisotopic (exact) mass is 563 g/mol. The van der Waals surface area contributed by atoms with Crippen molar-refractivity contribution in [2.24, 2.45) is 5.73 Å². The van der Waals surface area contributed by atoms with Gasteiger partial charge in [0.15, 0.2) is 0 Å². The van der Waals surface area contributed by atoms with Crippen LogP contribution in [-0.4, -0.2) is 46.9 Å². The molecular formula is C29H30FN5O4S. The number of Topliss-reactive ketones (excluding diaryl/α,β-unsaturated/α-hetero) is 1. The van der Waals surface area contributed by atoms with E-state index in [1.165, 1.54) is 29.1 Å². The highest BCUT2D eigenvalue weighted by atomic mass is 32.1. The number of halogens is 1. The van der Waals surface area contributed by atoms with Crippen LogP contribution in [0.25, 0.3) is 0 Å². The smallest absolute Gasteiger partial charge is 0.251 e. The molecule has 2 aromatic heterocycles. The van der Waals surface area contributed by atoms with Gasteiger partial charge in [-0.1, -0.05) is 23.4 Å². The van der Waals surface area contributed by atoms with E-state index in [-0.39, 0.29) is 29.6 Å². The van der Waals surface area contributed by atoms with Gasteiger partial charge in [-0.2, -0.15) is 4.98 Å². The number of hydrogen-bond acceptors (Lipinski definition) is 8. The molecule has 0 bridgehead atoms. The molecule has 40 heavy (non-hydrogen) atoms. The highest BCUT2D eigenvalue weighted by molar-refractivity contribution is 7.09. The van der Waals surface area contributed by atoms with Gasteiger partial charge in [0.1, 0.15) is 5.82 Å². The molecular weight excluding hydrogens is 533 g/mol. The highest BCUT2D eigenvalue weighted by Crippen LogP contribution is 2.14. The molecule has 0 aliphatic carbocycles. The highest BCUT2D eigenvalue weighted by Gasteiger charge is 2.26. The average molecular weight is 564 g/mol. The predicted molar refractivity (Wildman–Crippen MR) is 149 cm³/mol. The van der Waals surface area contributed by atoms with E-state index in [1.54, 1.807) is 35.6 Å². The van der Waals surface area contributed by atoms with Gasteiger partial charge in [0, 0.05) is 22.5 Å². The third kappa shape index (κ3) is 8.14. The van der Waals surface area contributed by atoms with Gasteiger partial charge in [0.25, 0.3) is 11.8 Å². The molecule has 0 aliphatic rings. The second-order valence-electron chi connectivity index (χ2n) is 9.15. The maximum Gasteiger partial charge on any atom is 0.251 e. The number of hydrogen-bond donors (Lipinski definition) is 3. The first-order valence-corrected chi connectivity index (χ1v) is 13.8. The van der Waals surface area contributed by atoms with E-state index in [0.29, 0.717) is 37.9 Å². The zero-order chi connectivity index (χ0) is 28.3. The molecule has 0 fully saturated rings. The number of ketones is 1. The van der Waals surface area contributed by atoms with Gasteiger partial charge in [-0.25, -0.2) is 4.39 Å². The summed E-state index contributed by atoms with van der Waals surface area (Å²) in [6.45, 7) is 1.01. The summed E-state index contributed by atoms with van der Waals surface area (Å²) in [5.41, 5.74) is 7.17. The van der Waals surface area contributed by atoms with Gasteiger partial charge in [-0.05, 0) is 85.6 Å². The average Bonchev–Trinajstić information content (AvgIpc) is 3.65. The van der Waals surface area contributed by atoms with Crippen LogP contribution in [-0.2, 0) is 12.8 Å². The summed E-state index contributed by atoms with van der Waals surface area (Å²) >= 11 is 1.66. The lowest BCUT2D eigenvalue weighted by Crippen LogP contribution is -2.41. The zero-order valence-corrected chi connectivity index (χ0v) is 22.6. The first kappa shape index (κ1) is 28.8. The van der Waals surface area contributed by atoms with Crippen LogP contribution < -0.4 is 16.4 Å². The summed E-state index contributed by atoms with van der Waals surface area (Å²) < 4.78 is 18.5. The van der Waals surface area contributed by atoms with Crippen LogP contribution in [0.4, 0.5) is 4.39 Å². The van der Waals surface area contributed by atoms with Crippen molar-refractivity contribution in [3.05, 3.63) is 105 Å². The van der Waals surface area contributed by atoms with Gasteiger partial charge in [-0.3, -0.25) is 14.4 Å². The summed E-state index contributed by atoms with van der Waals surface area (Å²) in [7, 11) is 0. The maximum atomic E-state index is 13.2. The molecule has 4 aromatic rings. The third-order valence-electron chi connectivity index (χ3n) is 6.17. The van der Waals surface area contributed by atoms with Crippen LogP contribution in [0.5, 0.6) is 0 Å². The molecule has 2 aromatic carbocycles. The molecule has 0 aliphatic heterocycles. The van der Waals surface area contributed by atoms with Gasteiger partial charge in [-0.15, -0.1) is 11.3 Å². The summed E-state index contributed by atoms with van der Waals surface area (Å²) in [4.78, 5) is 43.7. The van der Waals surface area contributed by atoms with Crippen LogP contribution in [0.15, 0.2) is 70.6 Å². The predicted octanol–water partition coefficient (Wildman–Crippen LogP) is 3.94. The molecule has 0 saturated heterocycles. The molecule has 2 amide bonds. The number of amides is 2. The minimum Gasteiger partial charge on any atom is -0.352 e.